The Balaban J connectivity index is 2.16. The van der Waals surface area contributed by atoms with Crippen molar-refractivity contribution in [2.45, 2.75) is 51.7 Å². The number of cyclic esters (lactones) is 1. The fraction of sp³-hybridized carbons (Fsp3) is 0.562. The van der Waals surface area contributed by atoms with E-state index in [1.807, 2.05) is 18.5 Å². The fourth-order valence-electron chi connectivity index (χ4n) is 2.84. The number of unbranched alkanes of at least 4 members (excludes halogenated alkanes) is 1. The lowest BCUT2D eigenvalue weighted by molar-refractivity contribution is -0.686. The van der Waals surface area contributed by atoms with Gasteiger partial charge in [-0.1, -0.05) is 19.8 Å². The number of carbonyl (C=O) groups excluding carboxylic acids is 2. The molecule has 0 amide bonds. The lowest BCUT2D eigenvalue weighted by Gasteiger charge is -2.26. The number of ether oxygens (including phenoxy) is 1. The Morgan fingerprint density at radius 2 is 2.05 bits per heavy atom. The third kappa shape index (κ3) is 3.96. The molecular weight excluding hydrogens is 414 g/mol. The van der Waals surface area contributed by atoms with Gasteiger partial charge < -0.3 is 4.74 Å². The van der Waals surface area contributed by atoms with Crippen LogP contribution in [0.25, 0.3) is 0 Å². The molecule has 22 heavy (non-hydrogen) atoms. The summed E-state index contributed by atoms with van der Waals surface area (Å²) < 4.78 is 8.98. The third-order valence-corrected chi connectivity index (χ3v) is 5.03. The Hall–Kier alpha value is -0.750. The number of ketones is 1. The molecule has 0 N–H and O–H groups in total. The van der Waals surface area contributed by atoms with Crippen molar-refractivity contribution in [3.05, 3.63) is 27.4 Å². The molecule has 1 aliphatic heterocycles. The zero-order chi connectivity index (χ0) is 16.3. The maximum atomic E-state index is 12.7. The molecule has 1 saturated heterocycles. The molecule has 0 radical (unpaired) electrons. The molecule has 0 aliphatic carbocycles. The van der Waals surface area contributed by atoms with Crippen LogP contribution in [-0.4, -0.2) is 17.4 Å². The van der Waals surface area contributed by atoms with Crippen LogP contribution in [0.15, 0.2) is 27.4 Å². The van der Waals surface area contributed by atoms with Gasteiger partial charge in [-0.15, -0.1) is 0 Å². The monoisotopic (exact) mass is 432 g/mol. The summed E-state index contributed by atoms with van der Waals surface area (Å²) >= 11 is 6.82. The number of pyridine rings is 1. The van der Waals surface area contributed by atoms with E-state index in [4.69, 9.17) is 4.74 Å². The van der Waals surface area contributed by atoms with Crippen LogP contribution in [0.4, 0.5) is 0 Å². The number of hydrogen-bond acceptors (Lipinski definition) is 3. The van der Waals surface area contributed by atoms with E-state index in [-0.39, 0.29) is 24.2 Å². The molecule has 0 bridgehead atoms. The van der Waals surface area contributed by atoms with Crippen molar-refractivity contribution in [1.82, 2.24) is 0 Å². The van der Waals surface area contributed by atoms with Crippen molar-refractivity contribution in [2.24, 2.45) is 5.92 Å². The summed E-state index contributed by atoms with van der Waals surface area (Å²) in [7, 11) is 0. The summed E-state index contributed by atoms with van der Waals surface area (Å²) in [6.45, 7) is 4.05. The molecule has 0 saturated carbocycles. The van der Waals surface area contributed by atoms with Crippen molar-refractivity contribution < 1.29 is 18.9 Å². The second kappa shape index (κ2) is 7.21. The standard InChI is InChI=1S/C16H20Br2NO3/c1-3-4-5-11-6-15(21)22-16(11,2)14(20)10-19-8-12(17)7-13(18)9-19/h7-9,11H,3-6,10H2,1-2H3/q+1/t11-,16-/m1/s1. The minimum atomic E-state index is -1.01. The van der Waals surface area contributed by atoms with E-state index in [1.54, 1.807) is 11.5 Å². The molecule has 1 aromatic heterocycles. The average Bonchev–Trinajstić information content (AvgIpc) is 2.71. The van der Waals surface area contributed by atoms with E-state index < -0.39 is 5.60 Å². The van der Waals surface area contributed by atoms with E-state index in [1.165, 1.54) is 0 Å². The molecule has 1 aliphatic rings. The molecule has 2 atom stereocenters. The zero-order valence-corrected chi connectivity index (χ0v) is 15.9. The van der Waals surface area contributed by atoms with Crippen LogP contribution in [0.5, 0.6) is 0 Å². The Morgan fingerprint density at radius 3 is 2.64 bits per heavy atom. The number of hydrogen-bond donors (Lipinski definition) is 0. The van der Waals surface area contributed by atoms with Crippen molar-refractivity contribution >= 4 is 43.6 Å². The number of aromatic nitrogens is 1. The molecule has 6 heteroatoms. The molecular formula is C16H20Br2NO3+. The highest BCUT2D eigenvalue weighted by Gasteiger charge is 2.51. The van der Waals surface area contributed by atoms with Gasteiger partial charge in [0.2, 0.25) is 12.3 Å². The van der Waals surface area contributed by atoms with Crippen LogP contribution < -0.4 is 4.57 Å². The highest BCUT2D eigenvalue weighted by Crippen LogP contribution is 2.37. The van der Waals surface area contributed by atoms with E-state index >= 15 is 0 Å². The van der Waals surface area contributed by atoms with Crippen molar-refractivity contribution in [1.29, 1.82) is 0 Å². The SMILES string of the molecule is CCCC[C@@H]1CC(=O)O[C@@]1(C)C(=O)C[n+]1cc(Br)cc(Br)c1. The largest absolute Gasteiger partial charge is 0.451 e. The van der Waals surface area contributed by atoms with E-state index in [9.17, 15) is 9.59 Å². The number of halogens is 2. The van der Waals surface area contributed by atoms with Crippen molar-refractivity contribution in [3.63, 3.8) is 0 Å². The molecule has 4 nitrogen and oxygen atoms in total. The van der Waals surface area contributed by atoms with Crippen LogP contribution >= 0.6 is 31.9 Å². The van der Waals surface area contributed by atoms with E-state index in [0.717, 1.165) is 28.2 Å². The highest BCUT2D eigenvalue weighted by atomic mass is 79.9. The Kier molecular flexibility index (Phi) is 5.77. The maximum Gasteiger partial charge on any atom is 0.307 e. The summed E-state index contributed by atoms with van der Waals surface area (Å²) in [5, 5.41) is 0. The first kappa shape index (κ1) is 17.6. The van der Waals surface area contributed by atoms with Gasteiger partial charge in [-0.2, -0.15) is 4.57 Å². The minimum Gasteiger partial charge on any atom is -0.451 e. The topological polar surface area (TPSA) is 47.3 Å². The number of rotatable bonds is 6. The van der Waals surface area contributed by atoms with Gasteiger partial charge in [0.25, 0.3) is 0 Å². The van der Waals surface area contributed by atoms with E-state index in [0.29, 0.717) is 6.42 Å². The van der Waals surface area contributed by atoms with Crippen LogP contribution in [0, 0.1) is 5.92 Å². The van der Waals surface area contributed by atoms with Crippen LogP contribution in [0.1, 0.15) is 39.5 Å². The molecule has 1 fully saturated rings. The first-order valence-electron chi connectivity index (χ1n) is 7.45. The first-order valence-corrected chi connectivity index (χ1v) is 9.04. The van der Waals surface area contributed by atoms with Gasteiger partial charge in [-0.25, -0.2) is 0 Å². The summed E-state index contributed by atoms with van der Waals surface area (Å²) in [6, 6.07) is 1.91. The van der Waals surface area contributed by atoms with Gasteiger partial charge >= 0.3 is 5.97 Å². The Labute approximate surface area is 147 Å². The molecule has 1 aromatic rings. The van der Waals surface area contributed by atoms with E-state index in [2.05, 4.69) is 38.8 Å². The van der Waals surface area contributed by atoms with Crippen molar-refractivity contribution in [3.8, 4) is 0 Å². The smallest absolute Gasteiger partial charge is 0.307 e. The molecule has 120 valence electrons. The fourth-order valence-corrected chi connectivity index (χ4v) is 4.17. The third-order valence-electron chi connectivity index (χ3n) is 4.16. The number of Topliss-reactive ketones (excluding diaryl/α,β-unsaturated/α-hetero) is 1. The van der Waals surface area contributed by atoms with Gasteiger partial charge in [-0.05, 0) is 51.3 Å². The second-order valence-corrected chi connectivity index (χ2v) is 7.72. The van der Waals surface area contributed by atoms with Gasteiger partial charge in [0.05, 0.1) is 15.4 Å². The summed E-state index contributed by atoms with van der Waals surface area (Å²) in [4.78, 5) is 24.5. The normalized spacial score (nSPS) is 24.4. The van der Waals surface area contributed by atoms with Crippen LogP contribution in [0.2, 0.25) is 0 Å². The minimum absolute atomic E-state index is 0.0244. The molecule has 2 rings (SSSR count). The second-order valence-electron chi connectivity index (χ2n) is 5.89. The number of esters is 1. The Bertz CT molecular complexity index is 571. The number of carbonyl (C=O) groups is 2. The summed E-state index contributed by atoms with van der Waals surface area (Å²) in [6.07, 6.45) is 6.90. The quantitative estimate of drug-likeness (QED) is 0.508. The molecule has 0 unspecified atom stereocenters. The Morgan fingerprint density at radius 1 is 1.41 bits per heavy atom. The van der Waals surface area contributed by atoms with Gasteiger partial charge in [-0.3, -0.25) is 9.59 Å². The summed E-state index contributed by atoms with van der Waals surface area (Å²) in [5.41, 5.74) is -1.01. The predicted octanol–water partition coefficient (Wildman–Crippen LogP) is 3.58. The molecule has 0 spiro atoms. The molecule has 2 heterocycles. The lowest BCUT2D eigenvalue weighted by Crippen LogP contribution is -2.49. The highest BCUT2D eigenvalue weighted by molar-refractivity contribution is 9.11. The van der Waals surface area contributed by atoms with Crippen LogP contribution in [0.3, 0.4) is 0 Å². The van der Waals surface area contributed by atoms with Crippen molar-refractivity contribution in [2.75, 3.05) is 0 Å². The molecule has 0 aromatic carbocycles. The number of nitrogens with zero attached hydrogens (tertiary/aromatic N) is 1. The first-order chi connectivity index (χ1) is 10.3. The zero-order valence-electron chi connectivity index (χ0n) is 12.8. The summed E-state index contributed by atoms with van der Waals surface area (Å²) in [5.74, 6) is -0.351. The van der Waals surface area contributed by atoms with Crippen LogP contribution in [-0.2, 0) is 20.9 Å². The van der Waals surface area contributed by atoms with Gasteiger partial charge in [0.1, 0.15) is 0 Å². The maximum absolute atomic E-state index is 12.7. The predicted molar refractivity (Wildman–Crippen MR) is 89.2 cm³/mol. The average molecular weight is 434 g/mol. The van der Waals surface area contributed by atoms with Gasteiger partial charge in [0.15, 0.2) is 18.0 Å². The lowest BCUT2D eigenvalue weighted by atomic mass is 9.82. The van der Waals surface area contributed by atoms with Gasteiger partial charge in [0, 0.05) is 5.92 Å².